The van der Waals surface area contributed by atoms with E-state index in [0.29, 0.717) is 6.61 Å². The maximum absolute atomic E-state index is 10.3. The summed E-state index contributed by atoms with van der Waals surface area (Å²) in [6.45, 7) is 7.40. The Balaban J connectivity index is 2.04. The first kappa shape index (κ1) is 17.7. The number of ether oxygens (including phenoxy) is 1. The molecule has 0 aliphatic carbocycles. The van der Waals surface area contributed by atoms with Gasteiger partial charge < -0.3 is 14.7 Å². The van der Waals surface area contributed by atoms with Crippen molar-refractivity contribution in [2.75, 3.05) is 26.2 Å². The first-order valence-electron chi connectivity index (χ1n) is 8.47. The number of rotatable bonds is 9. The van der Waals surface area contributed by atoms with Gasteiger partial charge in [0, 0.05) is 0 Å². The molecule has 3 heteroatoms. The predicted octanol–water partition coefficient (Wildman–Crippen LogP) is 2.08. The lowest BCUT2D eigenvalue weighted by Crippen LogP contribution is -3.12. The lowest BCUT2D eigenvalue weighted by Gasteiger charge is -2.23. The highest BCUT2D eigenvalue weighted by Crippen LogP contribution is 2.25. The number of benzene rings is 2. The fourth-order valence-electron chi connectivity index (χ4n) is 2.78. The molecule has 1 atom stereocenters. The number of quaternary nitrogens is 1. The number of hydrogen-bond donors (Lipinski definition) is 2. The summed E-state index contributed by atoms with van der Waals surface area (Å²) in [6, 6.07) is 20.4. The second-order valence-corrected chi connectivity index (χ2v) is 5.85. The largest absolute Gasteiger partial charge is 0.385 e. The number of likely N-dealkylation sites (N-methyl/N-ethyl adjacent to an activating group) is 1. The van der Waals surface area contributed by atoms with Crippen molar-refractivity contribution >= 4 is 0 Å². The van der Waals surface area contributed by atoms with E-state index in [9.17, 15) is 5.11 Å². The van der Waals surface area contributed by atoms with Gasteiger partial charge in [0.25, 0.3) is 0 Å². The minimum absolute atomic E-state index is 0.140. The van der Waals surface area contributed by atoms with Crippen LogP contribution in [0.25, 0.3) is 0 Å². The Kier molecular flexibility index (Phi) is 7.27. The molecule has 0 spiro atoms. The van der Waals surface area contributed by atoms with Gasteiger partial charge in [0.15, 0.2) is 0 Å². The summed E-state index contributed by atoms with van der Waals surface area (Å²) in [5.41, 5.74) is 2.22. The van der Waals surface area contributed by atoms with Gasteiger partial charge in [-0.25, -0.2) is 0 Å². The van der Waals surface area contributed by atoms with Crippen molar-refractivity contribution in [1.82, 2.24) is 0 Å². The lowest BCUT2D eigenvalue weighted by molar-refractivity contribution is -0.899. The molecule has 0 aliphatic heterocycles. The van der Waals surface area contributed by atoms with E-state index in [4.69, 9.17) is 4.74 Å². The zero-order valence-corrected chi connectivity index (χ0v) is 14.1. The summed E-state index contributed by atoms with van der Waals surface area (Å²) in [7, 11) is 0. The van der Waals surface area contributed by atoms with E-state index in [1.807, 2.05) is 36.4 Å². The first-order chi connectivity index (χ1) is 11.2. The van der Waals surface area contributed by atoms with Crippen LogP contribution in [0.5, 0.6) is 0 Å². The minimum Gasteiger partial charge on any atom is -0.385 e. The predicted molar refractivity (Wildman–Crippen MR) is 93.6 cm³/mol. The van der Waals surface area contributed by atoms with E-state index >= 15 is 0 Å². The fourth-order valence-corrected chi connectivity index (χ4v) is 2.78. The maximum atomic E-state index is 10.3. The monoisotopic (exact) mass is 314 g/mol. The van der Waals surface area contributed by atoms with Crippen LogP contribution in [-0.4, -0.2) is 37.5 Å². The number of aliphatic hydroxyl groups excluding tert-OH is 1. The fraction of sp³-hybridized carbons (Fsp3) is 0.400. The van der Waals surface area contributed by atoms with Gasteiger partial charge in [-0.2, -0.15) is 0 Å². The zero-order chi connectivity index (χ0) is 16.5. The van der Waals surface area contributed by atoms with Crippen molar-refractivity contribution in [1.29, 1.82) is 0 Å². The molecule has 0 saturated heterocycles. The van der Waals surface area contributed by atoms with Crippen LogP contribution in [0.3, 0.4) is 0 Å². The van der Waals surface area contributed by atoms with Crippen LogP contribution in [0.1, 0.15) is 31.1 Å². The van der Waals surface area contributed by atoms with Gasteiger partial charge in [-0.1, -0.05) is 60.7 Å². The number of aliphatic hydroxyl groups is 1. The Bertz CT molecular complexity index is 501. The minimum atomic E-state index is -0.445. The average Bonchev–Trinajstić information content (AvgIpc) is 2.61. The maximum Gasteiger partial charge on any atom is 0.126 e. The summed E-state index contributed by atoms with van der Waals surface area (Å²) >= 11 is 0. The van der Waals surface area contributed by atoms with Crippen molar-refractivity contribution in [3.63, 3.8) is 0 Å². The van der Waals surface area contributed by atoms with Crippen molar-refractivity contribution in [2.45, 2.75) is 26.1 Å². The van der Waals surface area contributed by atoms with Gasteiger partial charge in [0.2, 0.25) is 0 Å². The van der Waals surface area contributed by atoms with Crippen LogP contribution in [0.2, 0.25) is 0 Å². The Morgan fingerprint density at radius 2 is 1.35 bits per heavy atom. The van der Waals surface area contributed by atoms with Crippen molar-refractivity contribution in [2.24, 2.45) is 0 Å². The van der Waals surface area contributed by atoms with E-state index in [0.717, 1.165) is 30.8 Å². The second-order valence-electron chi connectivity index (χ2n) is 5.85. The summed E-state index contributed by atoms with van der Waals surface area (Å²) in [5, 5.41) is 10.3. The summed E-state index contributed by atoms with van der Waals surface area (Å²) in [6.07, 6.45) is -0.585. The average molecular weight is 314 g/mol. The van der Waals surface area contributed by atoms with E-state index in [2.05, 4.69) is 38.1 Å². The summed E-state index contributed by atoms with van der Waals surface area (Å²) in [4.78, 5) is 1.39. The SMILES string of the molecule is CC[NH+](CC)C[C@H](O)COC(c1ccccc1)c1ccccc1. The van der Waals surface area contributed by atoms with E-state index in [1.54, 1.807) is 0 Å². The molecule has 2 N–H and O–H groups in total. The van der Waals surface area contributed by atoms with E-state index in [1.165, 1.54) is 4.90 Å². The molecular weight excluding hydrogens is 286 g/mol. The molecule has 2 rings (SSSR count). The summed E-state index contributed by atoms with van der Waals surface area (Å²) < 4.78 is 6.10. The first-order valence-corrected chi connectivity index (χ1v) is 8.47. The van der Waals surface area contributed by atoms with Crippen LogP contribution < -0.4 is 4.90 Å². The third-order valence-corrected chi connectivity index (χ3v) is 4.18. The quantitative estimate of drug-likeness (QED) is 0.743. The summed E-state index contributed by atoms with van der Waals surface area (Å²) in [5.74, 6) is 0. The molecular formula is C20H28NO2+. The van der Waals surface area contributed by atoms with Gasteiger partial charge in [0.05, 0.1) is 19.7 Å². The van der Waals surface area contributed by atoms with Gasteiger partial charge in [-0.3, -0.25) is 0 Å². The lowest BCUT2D eigenvalue weighted by atomic mass is 10.0. The van der Waals surface area contributed by atoms with Crippen molar-refractivity contribution in [3.05, 3.63) is 71.8 Å². The molecule has 3 nitrogen and oxygen atoms in total. The van der Waals surface area contributed by atoms with Crippen LogP contribution in [0.15, 0.2) is 60.7 Å². The van der Waals surface area contributed by atoms with E-state index in [-0.39, 0.29) is 6.10 Å². The number of hydrogen-bond acceptors (Lipinski definition) is 2. The van der Waals surface area contributed by atoms with Gasteiger partial charge in [0.1, 0.15) is 18.8 Å². The molecule has 0 heterocycles. The van der Waals surface area contributed by atoms with Crippen LogP contribution in [0, 0.1) is 0 Å². The highest BCUT2D eigenvalue weighted by atomic mass is 16.5. The molecule has 0 aromatic heterocycles. The van der Waals surface area contributed by atoms with Crippen molar-refractivity contribution in [3.8, 4) is 0 Å². The molecule has 0 unspecified atom stereocenters. The van der Waals surface area contributed by atoms with E-state index < -0.39 is 6.10 Å². The standard InChI is InChI=1S/C20H27NO2/c1-3-21(4-2)15-19(22)16-23-20(17-11-7-5-8-12-17)18-13-9-6-10-14-18/h5-14,19-20,22H,3-4,15-16H2,1-2H3/p+1/t19-/m0/s1. The highest BCUT2D eigenvalue weighted by molar-refractivity contribution is 5.29. The molecule has 2 aromatic rings. The van der Waals surface area contributed by atoms with Crippen molar-refractivity contribution < 1.29 is 14.7 Å². The molecule has 0 aliphatic rings. The second kappa shape index (κ2) is 9.46. The molecule has 0 saturated carbocycles. The van der Waals surface area contributed by atoms with Crippen LogP contribution in [0.4, 0.5) is 0 Å². The molecule has 124 valence electrons. The van der Waals surface area contributed by atoms with Gasteiger partial charge in [-0.15, -0.1) is 0 Å². The molecule has 0 fully saturated rings. The topological polar surface area (TPSA) is 33.9 Å². The Hall–Kier alpha value is -1.68. The third kappa shape index (κ3) is 5.47. The zero-order valence-electron chi connectivity index (χ0n) is 14.1. The molecule has 2 aromatic carbocycles. The molecule has 0 bridgehead atoms. The molecule has 0 radical (unpaired) electrons. The van der Waals surface area contributed by atoms with Crippen LogP contribution >= 0.6 is 0 Å². The third-order valence-electron chi connectivity index (χ3n) is 4.18. The smallest absolute Gasteiger partial charge is 0.126 e. The Morgan fingerprint density at radius 1 is 0.870 bits per heavy atom. The number of nitrogens with one attached hydrogen (secondary N) is 1. The van der Waals surface area contributed by atoms with Gasteiger partial charge >= 0.3 is 0 Å². The van der Waals surface area contributed by atoms with Crippen LogP contribution in [-0.2, 0) is 4.74 Å². The Morgan fingerprint density at radius 3 is 1.78 bits per heavy atom. The Labute approximate surface area is 139 Å². The normalized spacial score (nSPS) is 12.7. The molecule has 23 heavy (non-hydrogen) atoms. The molecule has 0 amide bonds. The highest BCUT2D eigenvalue weighted by Gasteiger charge is 2.18. The van der Waals surface area contributed by atoms with Gasteiger partial charge in [-0.05, 0) is 25.0 Å².